The lowest BCUT2D eigenvalue weighted by Crippen LogP contribution is -2.30. The van der Waals surface area contributed by atoms with E-state index in [9.17, 15) is 9.59 Å². The molecule has 0 atom stereocenters. The summed E-state index contributed by atoms with van der Waals surface area (Å²) in [6.45, 7) is 2.11. The van der Waals surface area contributed by atoms with Crippen LogP contribution in [0.2, 0.25) is 0 Å². The second kappa shape index (κ2) is 6.19. The minimum atomic E-state index is -0.943. The molecular formula is C14H13NO3S2. The van der Waals surface area contributed by atoms with Crippen LogP contribution in [0.1, 0.15) is 17.5 Å². The molecule has 0 radical (unpaired) electrons. The van der Waals surface area contributed by atoms with Crippen molar-refractivity contribution in [2.45, 2.75) is 13.3 Å². The molecule has 1 aromatic carbocycles. The summed E-state index contributed by atoms with van der Waals surface area (Å²) in [6.07, 6.45) is 1.67. The van der Waals surface area contributed by atoms with E-state index >= 15 is 0 Å². The SMILES string of the molecule is Cc1ccc(/C=C2\SC(=S)N(CCC(=O)O)C2=O)cc1. The molecule has 0 unspecified atom stereocenters. The second-order valence-electron chi connectivity index (χ2n) is 4.39. The number of carbonyl (C=O) groups excluding carboxylic acids is 1. The number of thiocarbonyl (C=S) groups is 1. The second-order valence-corrected chi connectivity index (χ2v) is 6.06. The standard InChI is InChI=1S/C14H13NO3S2/c1-9-2-4-10(5-3-9)8-11-13(18)15(14(19)20-11)7-6-12(16)17/h2-5,8H,6-7H2,1H3,(H,16,17)/b11-8-. The maximum atomic E-state index is 12.2. The molecule has 4 nitrogen and oxygen atoms in total. The Morgan fingerprint density at radius 3 is 2.65 bits per heavy atom. The number of carboxylic acids is 1. The molecule has 0 aliphatic carbocycles. The third-order valence-corrected chi connectivity index (χ3v) is 4.18. The lowest BCUT2D eigenvalue weighted by molar-refractivity contribution is -0.137. The number of benzene rings is 1. The average Bonchev–Trinajstić information content (AvgIpc) is 2.65. The van der Waals surface area contributed by atoms with Crippen LogP contribution in [0.3, 0.4) is 0 Å². The number of thioether (sulfide) groups is 1. The van der Waals surface area contributed by atoms with Crippen LogP contribution < -0.4 is 0 Å². The van der Waals surface area contributed by atoms with E-state index in [-0.39, 0.29) is 18.9 Å². The van der Waals surface area contributed by atoms with E-state index in [0.717, 1.165) is 11.1 Å². The number of aryl methyl sites for hydroxylation is 1. The summed E-state index contributed by atoms with van der Waals surface area (Å²) >= 11 is 6.33. The van der Waals surface area contributed by atoms with Crippen molar-refractivity contribution in [3.63, 3.8) is 0 Å². The predicted molar refractivity (Wildman–Crippen MR) is 83.3 cm³/mol. The Morgan fingerprint density at radius 2 is 2.05 bits per heavy atom. The average molecular weight is 307 g/mol. The van der Waals surface area contributed by atoms with Gasteiger partial charge in [-0.3, -0.25) is 14.5 Å². The van der Waals surface area contributed by atoms with Crippen molar-refractivity contribution in [3.8, 4) is 0 Å². The van der Waals surface area contributed by atoms with Gasteiger partial charge in [0.1, 0.15) is 4.32 Å². The van der Waals surface area contributed by atoms with Gasteiger partial charge in [-0.15, -0.1) is 0 Å². The smallest absolute Gasteiger partial charge is 0.305 e. The van der Waals surface area contributed by atoms with Gasteiger partial charge >= 0.3 is 5.97 Å². The van der Waals surface area contributed by atoms with E-state index in [0.29, 0.717) is 9.23 Å². The largest absolute Gasteiger partial charge is 0.481 e. The highest BCUT2D eigenvalue weighted by molar-refractivity contribution is 8.26. The summed E-state index contributed by atoms with van der Waals surface area (Å²) < 4.78 is 0.412. The Morgan fingerprint density at radius 1 is 1.40 bits per heavy atom. The van der Waals surface area contributed by atoms with Crippen molar-refractivity contribution in [1.82, 2.24) is 4.90 Å². The van der Waals surface area contributed by atoms with Crippen molar-refractivity contribution in [3.05, 3.63) is 40.3 Å². The van der Waals surface area contributed by atoms with Gasteiger partial charge in [-0.2, -0.15) is 0 Å². The van der Waals surface area contributed by atoms with Gasteiger partial charge in [0.05, 0.1) is 11.3 Å². The van der Waals surface area contributed by atoms with Crippen LogP contribution in [-0.4, -0.2) is 32.7 Å². The fourth-order valence-corrected chi connectivity index (χ4v) is 3.02. The molecule has 2 rings (SSSR count). The Labute approximate surface area is 126 Å². The van der Waals surface area contributed by atoms with Crippen LogP contribution in [-0.2, 0) is 9.59 Å². The van der Waals surface area contributed by atoms with Crippen LogP contribution in [0.5, 0.6) is 0 Å². The van der Waals surface area contributed by atoms with Crippen molar-refractivity contribution in [1.29, 1.82) is 0 Å². The zero-order valence-electron chi connectivity index (χ0n) is 10.8. The van der Waals surface area contributed by atoms with Gasteiger partial charge in [-0.05, 0) is 18.6 Å². The van der Waals surface area contributed by atoms with Gasteiger partial charge in [0.25, 0.3) is 5.91 Å². The van der Waals surface area contributed by atoms with Crippen molar-refractivity contribution < 1.29 is 14.7 Å². The van der Waals surface area contributed by atoms with E-state index in [1.165, 1.54) is 16.7 Å². The molecule has 1 aliphatic heterocycles. The number of hydrogen-bond acceptors (Lipinski definition) is 4. The van der Waals surface area contributed by atoms with Crippen molar-refractivity contribution in [2.75, 3.05) is 6.54 Å². The molecule has 1 amide bonds. The van der Waals surface area contributed by atoms with E-state index in [4.69, 9.17) is 17.3 Å². The van der Waals surface area contributed by atoms with Crippen LogP contribution in [0.15, 0.2) is 29.2 Å². The zero-order chi connectivity index (χ0) is 14.7. The molecule has 0 saturated carbocycles. The fourth-order valence-electron chi connectivity index (χ4n) is 1.71. The Balaban J connectivity index is 2.14. The number of carboxylic acid groups (broad SMARTS) is 1. The van der Waals surface area contributed by atoms with Crippen LogP contribution >= 0.6 is 24.0 Å². The molecular weight excluding hydrogens is 294 g/mol. The molecule has 1 saturated heterocycles. The van der Waals surface area contributed by atoms with Gasteiger partial charge in [0.2, 0.25) is 0 Å². The molecule has 0 aromatic heterocycles. The number of hydrogen-bond donors (Lipinski definition) is 1. The molecule has 1 fully saturated rings. The normalized spacial score (nSPS) is 17.1. The van der Waals surface area contributed by atoms with Gasteiger partial charge in [0.15, 0.2) is 0 Å². The van der Waals surface area contributed by atoms with Crippen LogP contribution in [0.4, 0.5) is 0 Å². The first-order valence-corrected chi connectivity index (χ1v) is 7.23. The summed E-state index contributed by atoms with van der Waals surface area (Å²) in [5, 5.41) is 8.67. The summed E-state index contributed by atoms with van der Waals surface area (Å²) in [6, 6.07) is 7.80. The van der Waals surface area contributed by atoms with Gasteiger partial charge in [-0.1, -0.05) is 53.8 Å². The summed E-state index contributed by atoms with van der Waals surface area (Å²) in [7, 11) is 0. The number of rotatable bonds is 4. The fraction of sp³-hybridized carbons (Fsp3) is 0.214. The molecule has 1 heterocycles. The molecule has 20 heavy (non-hydrogen) atoms. The predicted octanol–water partition coefficient (Wildman–Crippen LogP) is 2.67. The maximum absolute atomic E-state index is 12.2. The molecule has 1 aromatic rings. The topological polar surface area (TPSA) is 57.6 Å². The highest BCUT2D eigenvalue weighted by Gasteiger charge is 2.31. The van der Waals surface area contributed by atoms with Gasteiger partial charge in [0, 0.05) is 6.54 Å². The Bertz CT molecular complexity index is 593. The van der Waals surface area contributed by atoms with E-state index in [1.54, 1.807) is 6.08 Å². The zero-order valence-corrected chi connectivity index (χ0v) is 12.5. The van der Waals surface area contributed by atoms with E-state index in [2.05, 4.69) is 0 Å². The molecule has 104 valence electrons. The number of nitrogens with zero attached hydrogens (tertiary/aromatic N) is 1. The minimum absolute atomic E-state index is 0.107. The Kier molecular flexibility index (Phi) is 4.57. The van der Waals surface area contributed by atoms with Crippen molar-refractivity contribution >= 4 is 46.3 Å². The lowest BCUT2D eigenvalue weighted by atomic mass is 10.1. The maximum Gasteiger partial charge on any atom is 0.305 e. The summed E-state index contributed by atoms with van der Waals surface area (Å²) in [4.78, 5) is 24.6. The molecule has 0 bridgehead atoms. The first-order chi connectivity index (χ1) is 9.47. The van der Waals surface area contributed by atoms with Crippen LogP contribution in [0.25, 0.3) is 6.08 Å². The first kappa shape index (κ1) is 14.7. The molecule has 1 aliphatic rings. The first-order valence-electron chi connectivity index (χ1n) is 6.01. The van der Waals surface area contributed by atoms with Gasteiger partial charge in [-0.25, -0.2) is 0 Å². The summed E-state index contributed by atoms with van der Waals surface area (Å²) in [5.74, 6) is -1.16. The molecule has 1 N–H and O–H groups in total. The van der Waals surface area contributed by atoms with Gasteiger partial charge < -0.3 is 5.11 Å². The summed E-state index contributed by atoms with van der Waals surface area (Å²) in [5.41, 5.74) is 2.07. The number of amides is 1. The molecule has 6 heteroatoms. The Hall–Kier alpha value is -1.66. The minimum Gasteiger partial charge on any atom is -0.481 e. The monoisotopic (exact) mass is 307 g/mol. The molecule has 0 spiro atoms. The van der Waals surface area contributed by atoms with Crippen LogP contribution in [0, 0.1) is 6.92 Å². The number of aliphatic carboxylic acids is 1. The highest BCUT2D eigenvalue weighted by Crippen LogP contribution is 2.32. The quantitative estimate of drug-likeness (QED) is 0.684. The highest BCUT2D eigenvalue weighted by atomic mass is 32.2. The van der Waals surface area contributed by atoms with E-state index in [1.807, 2.05) is 31.2 Å². The van der Waals surface area contributed by atoms with E-state index < -0.39 is 5.97 Å². The third kappa shape index (κ3) is 3.46. The third-order valence-electron chi connectivity index (χ3n) is 2.80. The van der Waals surface area contributed by atoms with Crippen molar-refractivity contribution in [2.24, 2.45) is 0 Å². The lowest BCUT2D eigenvalue weighted by Gasteiger charge is -2.12. The number of carbonyl (C=O) groups is 2.